The predicted molar refractivity (Wildman–Crippen MR) is 68.1 cm³/mol. The molecule has 0 fully saturated rings. The largest absolute Gasteiger partial charge is 0.323 e. The van der Waals surface area contributed by atoms with Crippen LogP contribution in [0.25, 0.3) is 0 Å². The Morgan fingerprint density at radius 1 is 1.38 bits per heavy atom. The summed E-state index contributed by atoms with van der Waals surface area (Å²) < 4.78 is 0. The van der Waals surface area contributed by atoms with Crippen molar-refractivity contribution >= 4 is 23.2 Å². The first-order chi connectivity index (χ1) is 7.54. The van der Waals surface area contributed by atoms with Crippen molar-refractivity contribution in [1.29, 1.82) is 0 Å². The number of likely N-dealkylation sites (N-methyl/N-ethyl adjacent to an activating group) is 1. The number of nitrogens with one attached hydrogen (secondary N) is 2. The zero-order chi connectivity index (χ0) is 12.1. The van der Waals surface area contributed by atoms with Crippen molar-refractivity contribution in [3.05, 3.63) is 28.3 Å². The first-order valence-corrected chi connectivity index (χ1v) is 5.69. The molecular weight excluding hydrogens is 224 g/mol. The van der Waals surface area contributed by atoms with E-state index >= 15 is 0 Å². The number of anilines is 1. The maximum absolute atomic E-state index is 11.5. The lowest BCUT2D eigenvalue weighted by molar-refractivity contribution is -0.115. The molecule has 0 aliphatic rings. The van der Waals surface area contributed by atoms with E-state index < -0.39 is 0 Å². The number of rotatable bonds is 4. The van der Waals surface area contributed by atoms with E-state index in [1.807, 2.05) is 32.9 Å². The summed E-state index contributed by atoms with van der Waals surface area (Å²) in [6, 6.07) is 3.84. The summed E-state index contributed by atoms with van der Waals surface area (Å²) in [7, 11) is 0. The summed E-state index contributed by atoms with van der Waals surface area (Å²) in [5.74, 6) is -0.0734. The SMILES string of the molecule is CCNCC(=O)Nc1c(C)cc(C)cc1Cl. The molecule has 0 aromatic heterocycles. The van der Waals surface area contributed by atoms with Gasteiger partial charge in [-0.3, -0.25) is 4.79 Å². The lowest BCUT2D eigenvalue weighted by Crippen LogP contribution is -2.28. The van der Waals surface area contributed by atoms with Crippen LogP contribution in [-0.4, -0.2) is 19.0 Å². The molecule has 0 heterocycles. The monoisotopic (exact) mass is 240 g/mol. The summed E-state index contributed by atoms with van der Waals surface area (Å²) in [5.41, 5.74) is 2.78. The van der Waals surface area contributed by atoms with E-state index in [1.165, 1.54) is 0 Å². The average Bonchev–Trinajstić information content (AvgIpc) is 2.20. The molecule has 88 valence electrons. The third-order valence-electron chi connectivity index (χ3n) is 2.23. The van der Waals surface area contributed by atoms with Crippen molar-refractivity contribution in [2.45, 2.75) is 20.8 Å². The standard InChI is InChI=1S/C12H17ClN2O/c1-4-14-7-11(16)15-12-9(3)5-8(2)6-10(12)13/h5-6,14H,4,7H2,1-3H3,(H,15,16). The van der Waals surface area contributed by atoms with Gasteiger partial charge in [0.1, 0.15) is 0 Å². The second kappa shape index (κ2) is 5.87. The molecule has 3 nitrogen and oxygen atoms in total. The molecule has 0 bridgehead atoms. The maximum atomic E-state index is 11.5. The Balaban J connectivity index is 2.77. The summed E-state index contributed by atoms with van der Waals surface area (Å²) >= 11 is 6.08. The number of halogens is 1. The highest BCUT2D eigenvalue weighted by molar-refractivity contribution is 6.34. The number of hydrogen-bond donors (Lipinski definition) is 2. The van der Waals surface area contributed by atoms with E-state index in [4.69, 9.17) is 11.6 Å². The van der Waals surface area contributed by atoms with Crippen LogP contribution in [0.5, 0.6) is 0 Å². The summed E-state index contributed by atoms with van der Waals surface area (Å²) in [4.78, 5) is 11.5. The molecule has 1 amide bonds. The number of carbonyl (C=O) groups is 1. The van der Waals surface area contributed by atoms with Crippen LogP contribution in [0.3, 0.4) is 0 Å². The molecule has 0 radical (unpaired) electrons. The molecule has 0 saturated heterocycles. The Morgan fingerprint density at radius 2 is 2.06 bits per heavy atom. The molecule has 16 heavy (non-hydrogen) atoms. The fraction of sp³-hybridized carbons (Fsp3) is 0.417. The molecule has 2 N–H and O–H groups in total. The molecule has 0 spiro atoms. The summed E-state index contributed by atoms with van der Waals surface area (Å²) in [5, 5.41) is 6.36. The van der Waals surface area contributed by atoms with Gasteiger partial charge in [0.05, 0.1) is 17.3 Å². The first kappa shape index (κ1) is 13.0. The van der Waals surface area contributed by atoms with Gasteiger partial charge in [0, 0.05) is 0 Å². The van der Waals surface area contributed by atoms with E-state index in [0.29, 0.717) is 17.3 Å². The van der Waals surface area contributed by atoms with Crippen molar-refractivity contribution in [2.75, 3.05) is 18.4 Å². The maximum Gasteiger partial charge on any atom is 0.238 e. The fourth-order valence-corrected chi connectivity index (χ4v) is 1.86. The van der Waals surface area contributed by atoms with Crippen molar-refractivity contribution < 1.29 is 4.79 Å². The van der Waals surface area contributed by atoms with Crippen LogP contribution in [0.15, 0.2) is 12.1 Å². The van der Waals surface area contributed by atoms with Crippen molar-refractivity contribution in [1.82, 2.24) is 5.32 Å². The van der Waals surface area contributed by atoms with Gasteiger partial charge >= 0.3 is 0 Å². The Bertz CT molecular complexity index is 368. The average molecular weight is 241 g/mol. The zero-order valence-electron chi connectivity index (χ0n) is 9.86. The van der Waals surface area contributed by atoms with Gasteiger partial charge in [0.2, 0.25) is 5.91 Å². The van der Waals surface area contributed by atoms with Gasteiger partial charge in [-0.25, -0.2) is 0 Å². The number of hydrogen-bond acceptors (Lipinski definition) is 2. The smallest absolute Gasteiger partial charge is 0.238 e. The van der Waals surface area contributed by atoms with Gasteiger partial charge in [0.25, 0.3) is 0 Å². The molecular formula is C12H17ClN2O. The predicted octanol–water partition coefficient (Wildman–Crippen LogP) is 2.50. The summed E-state index contributed by atoms with van der Waals surface area (Å²) in [6.07, 6.45) is 0. The quantitative estimate of drug-likeness (QED) is 0.849. The molecule has 0 unspecified atom stereocenters. The van der Waals surface area contributed by atoms with Gasteiger partial charge in [-0.2, -0.15) is 0 Å². The van der Waals surface area contributed by atoms with Crippen LogP contribution in [-0.2, 0) is 4.79 Å². The Labute approximate surface area is 101 Å². The molecule has 0 saturated carbocycles. The Morgan fingerprint density at radius 3 is 2.62 bits per heavy atom. The van der Waals surface area contributed by atoms with Crippen LogP contribution in [0, 0.1) is 13.8 Å². The van der Waals surface area contributed by atoms with E-state index in [2.05, 4.69) is 10.6 Å². The van der Waals surface area contributed by atoms with E-state index in [0.717, 1.165) is 17.7 Å². The molecule has 1 rings (SSSR count). The first-order valence-electron chi connectivity index (χ1n) is 5.32. The van der Waals surface area contributed by atoms with Crippen molar-refractivity contribution in [3.63, 3.8) is 0 Å². The van der Waals surface area contributed by atoms with Gasteiger partial charge < -0.3 is 10.6 Å². The Kier molecular flexibility index (Phi) is 4.77. The normalized spacial score (nSPS) is 10.2. The van der Waals surface area contributed by atoms with Crippen LogP contribution in [0.2, 0.25) is 5.02 Å². The fourth-order valence-electron chi connectivity index (χ4n) is 1.50. The van der Waals surface area contributed by atoms with Crippen LogP contribution < -0.4 is 10.6 Å². The summed E-state index contributed by atoms with van der Waals surface area (Å²) in [6.45, 7) is 6.94. The zero-order valence-corrected chi connectivity index (χ0v) is 10.6. The molecule has 0 atom stereocenters. The Hall–Kier alpha value is -1.06. The van der Waals surface area contributed by atoms with Crippen LogP contribution >= 0.6 is 11.6 Å². The molecule has 0 aliphatic carbocycles. The lowest BCUT2D eigenvalue weighted by Gasteiger charge is -2.11. The molecule has 1 aromatic carbocycles. The van der Waals surface area contributed by atoms with Gasteiger partial charge in [-0.1, -0.05) is 24.6 Å². The molecule has 4 heteroatoms. The third kappa shape index (κ3) is 3.51. The third-order valence-corrected chi connectivity index (χ3v) is 2.53. The minimum atomic E-state index is -0.0734. The highest BCUT2D eigenvalue weighted by Gasteiger charge is 2.08. The van der Waals surface area contributed by atoms with Gasteiger partial charge in [0.15, 0.2) is 0 Å². The van der Waals surface area contributed by atoms with Gasteiger partial charge in [-0.15, -0.1) is 0 Å². The highest BCUT2D eigenvalue weighted by Crippen LogP contribution is 2.27. The minimum Gasteiger partial charge on any atom is -0.323 e. The molecule has 1 aromatic rings. The second-order valence-corrected chi connectivity index (χ2v) is 4.17. The van der Waals surface area contributed by atoms with Crippen molar-refractivity contribution in [2.24, 2.45) is 0 Å². The number of carbonyl (C=O) groups excluding carboxylic acids is 1. The highest BCUT2D eigenvalue weighted by atomic mass is 35.5. The topological polar surface area (TPSA) is 41.1 Å². The van der Waals surface area contributed by atoms with E-state index in [1.54, 1.807) is 0 Å². The van der Waals surface area contributed by atoms with Crippen LogP contribution in [0.1, 0.15) is 18.1 Å². The molecule has 0 aliphatic heterocycles. The van der Waals surface area contributed by atoms with Crippen molar-refractivity contribution in [3.8, 4) is 0 Å². The van der Waals surface area contributed by atoms with E-state index in [-0.39, 0.29) is 5.91 Å². The van der Waals surface area contributed by atoms with Gasteiger partial charge in [-0.05, 0) is 37.6 Å². The van der Waals surface area contributed by atoms with Crippen LogP contribution in [0.4, 0.5) is 5.69 Å². The number of aryl methyl sites for hydroxylation is 2. The minimum absolute atomic E-state index is 0.0734. The lowest BCUT2D eigenvalue weighted by atomic mass is 10.1. The number of benzene rings is 1. The number of amides is 1. The second-order valence-electron chi connectivity index (χ2n) is 3.77. The van der Waals surface area contributed by atoms with E-state index in [9.17, 15) is 4.79 Å².